The van der Waals surface area contributed by atoms with E-state index in [0.717, 1.165) is 4.90 Å². The average molecular weight is 267 g/mol. The van der Waals surface area contributed by atoms with Crippen molar-refractivity contribution in [1.29, 1.82) is 0 Å². The monoisotopic (exact) mass is 267 g/mol. The van der Waals surface area contributed by atoms with Crippen molar-refractivity contribution in [3.63, 3.8) is 0 Å². The predicted molar refractivity (Wildman–Crippen MR) is 63.0 cm³/mol. The average Bonchev–Trinajstić information content (AvgIpc) is 2.76. The molecule has 0 aliphatic carbocycles. The molecule has 19 heavy (non-hydrogen) atoms. The molecule has 1 heterocycles. The van der Waals surface area contributed by atoms with E-state index >= 15 is 0 Å². The van der Waals surface area contributed by atoms with Gasteiger partial charge in [0.1, 0.15) is 12.6 Å². The summed E-state index contributed by atoms with van der Waals surface area (Å²) in [4.78, 5) is 23.7. The Kier molecular flexibility index (Phi) is 3.46. The van der Waals surface area contributed by atoms with E-state index in [-0.39, 0.29) is 31.1 Å². The van der Waals surface area contributed by atoms with Gasteiger partial charge in [-0.05, 0) is 17.7 Å². The molecule has 1 saturated heterocycles. The number of phenolic OH excluding ortho intramolecular Hbond substituents is 2. The molecule has 0 spiro atoms. The van der Waals surface area contributed by atoms with Gasteiger partial charge in [0.05, 0.1) is 6.54 Å². The Bertz CT molecular complexity index is 515. The molecule has 1 unspecified atom stereocenters. The minimum atomic E-state index is -1.15. The highest BCUT2D eigenvalue weighted by atomic mass is 16.6. The molecular formula is C12H13NO6. The minimum absolute atomic E-state index is 0.0261. The van der Waals surface area contributed by atoms with Crippen LogP contribution in [0.15, 0.2) is 18.2 Å². The number of carbonyl (C=O) groups is 2. The van der Waals surface area contributed by atoms with Crippen molar-refractivity contribution in [2.45, 2.75) is 12.5 Å². The van der Waals surface area contributed by atoms with Gasteiger partial charge in [0.2, 0.25) is 0 Å². The fourth-order valence-electron chi connectivity index (χ4n) is 1.94. The van der Waals surface area contributed by atoms with Gasteiger partial charge in [-0.2, -0.15) is 0 Å². The molecule has 1 aliphatic heterocycles. The van der Waals surface area contributed by atoms with Gasteiger partial charge in [0.15, 0.2) is 11.5 Å². The largest absolute Gasteiger partial charge is 0.504 e. The molecule has 1 aliphatic rings. The number of carboxylic acid groups (broad SMARTS) is 1. The molecule has 1 aromatic rings. The van der Waals surface area contributed by atoms with E-state index in [1.165, 1.54) is 18.2 Å². The molecule has 7 heteroatoms. The molecule has 1 fully saturated rings. The van der Waals surface area contributed by atoms with Crippen LogP contribution < -0.4 is 0 Å². The molecule has 0 aromatic heterocycles. The number of amides is 1. The second-order valence-corrected chi connectivity index (χ2v) is 4.19. The summed E-state index contributed by atoms with van der Waals surface area (Å²) >= 11 is 0. The first-order valence-electron chi connectivity index (χ1n) is 5.66. The van der Waals surface area contributed by atoms with Gasteiger partial charge in [-0.15, -0.1) is 0 Å². The number of carbonyl (C=O) groups excluding carboxylic acids is 1. The Morgan fingerprint density at radius 3 is 2.63 bits per heavy atom. The number of aliphatic carboxylic acids is 1. The molecular weight excluding hydrogens is 254 g/mol. The lowest BCUT2D eigenvalue weighted by atomic mass is 10.0. The zero-order chi connectivity index (χ0) is 14.0. The van der Waals surface area contributed by atoms with E-state index in [4.69, 9.17) is 4.74 Å². The molecule has 7 nitrogen and oxygen atoms in total. The molecule has 1 atom stereocenters. The van der Waals surface area contributed by atoms with Crippen LogP contribution in [0.2, 0.25) is 0 Å². The Balaban J connectivity index is 2.18. The highest BCUT2D eigenvalue weighted by Crippen LogP contribution is 2.26. The Morgan fingerprint density at radius 2 is 2.11 bits per heavy atom. The van der Waals surface area contributed by atoms with Crippen LogP contribution >= 0.6 is 0 Å². The van der Waals surface area contributed by atoms with Gasteiger partial charge in [0, 0.05) is 6.42 Å². The highest BCUT2D eigenvalue weighted by molar-refractivity contribution is 5.81. The third-order valence-electron chi connectivity index (χ3n) is 2.92. The molecule has 0 radical (unpaired) electrons. The summed E-state index contributed by atoms with van der Waals surface area (Å²) in [7, 11) is 0. The second kappa shape index (κ2) is 5.05. The van der Waals surface area contributed by atoms with Crippen LogP contribution in [-0.2, 0) is 16.0 Å². The van der Waals surface area contributed by atoms with Gasteiger partial charge >= 0.3 is 12.1 Å². The predicted octanol–water partition coefficient (Wildman–Crippen LogP) is 0.546. The van der Waals surface area contributed by atoms with E-state index in [0.29, 0.717) is 5.56 Å². The zero-order valence-electron chi connectivity index (χ0n) is 9.94. The smallest absolute Gasteiger partial charge is 0.410 e. The first kappa shape index (κ1) is 13.0. The number of phenols is 2. The summed E-state index contributed by atoms with van der Waals surface area (Å²) in [5, 5.41) is 27.7. The quantitative estimate of drug-likeness (QED) is 0.687. The maximum Gasteiger partial charge on any atom is 0.410 e. The first-order valence-corrected chi connectivity index (χ1v) is 5.66. The fourth-order valence-corrected chi connectivity index (χ4v) is 1.94. The Hall–Kier alpha value is -2.44. The number of hydrogen-bond acceptors (Lipinski definition) is 5. The number of rotatable bonds is 4. The van der Waals surface area contributed by atoms with Gasteiger partial charge in [0.25, 0.3) is 0 Å². The number of carboxylic acids is 1. The number of ether oxygens (including phenoxy) is 1. The molecule has 3 N–H and O–H groups in total. The van der Waals surface area contributed by atoms with E-state index in [1.807, 2.05) is 0 Å². The maximum absolute atomic E-state index is 11.4. The van der Waals surface area contributed by atoms with E-state index in [9.17, 15) is 24.9 Å². The summed E-state index contributed by atoms with van der Waals surface area (Å²) in [6, 6.07) is 2.98. The van der Waals surface area contributed by atoms with E-state index in [2.05, 4.69) is 0 Å². The standard InChI is InChI=1S/C12H13NO6/c14-9-2-1-7(6-10(9)15)5-8(11(16)17)13-3-4-19-12(13)18/h1-2,6,8,14-15H,3-5H2,(H,16,17). The number of hydrogen-bond donors (Lipinski definition) is 3. The molecule has 102 valence electrons. The van der Waals surface area contributed by atoms with Crippen LogP contribution in [-0.4, -0.2) is 51.5 Å². The van der Waals surface area contributed by atoms with Crippen LogP contribution in [0.25, 0.3) is 0 Å². The number of cyclic esters (lactones) is 1. The minimum Gasteiger partial charge on any atom is -0.504 e. The summed E-state index contributed by atoms with van der Waals surface area (Å²) < 4.78 is 4.71. The van der Waals surface area contributed by atoms with Gasteiger partial charge < -0.3 is 20.1 Å². The van der Waals surface area contributed by atoms with Crippen molar-refractivity contribution < 1.29 is 29.6 Å². The maximum atomic E-state index is 11.4. The molecule has 2 rings (SSSR count). The molecule has 0 saturated carbocycles. The number of nitrogens with zero attached hydrogens (tertiary/aromatic N) is 1. The Labute approximate surface area is 108 Å². The lowest BCUT2D eigenvalue weighted by Gasteiger charge is -2.21. The second-order valence-electron chi connectivity index (χ2n) is 4.19. The van der Waals surface area contributed by atoms with Gasteiger partial charge in [-0.3, -0.25) is 4.90 Å². The van der Waals surface area contributed by atoms with Crippen LogP contribution in [0.3, 0.4) is 0 Å². The van der Waals surface area contributed by atoms with E-state index < -0.39 is 18.1 Å². The molecule has 1 amide bonds. The summed E-state index contributed by atoms with van der Waals surface area (Å²) in [6.07, 6.45) is -0.631. The van der Waals surface area contributed by atoms with Crippen LogP contribution in [0, 0.1) is 0 Å². The van der Waals surface area contributed by atoms with Crippen LogP contribution in [0.1, 0.15) is 5.56 Å². The van der Waals surface area contributed by atoms with Crippen molar-refractivity contribution in [3.8, 4) is 11.5 Å². The number of benzene rings is 1. The summed E-state index contributed by atoms with van der Waals surface area (Å²) in [6.45, 7) is 0.392. The summed E-state index contributed by atoms with van der Waals surface area (Å²) in [5.41, 5.74) is 0.502. The van der Waals surface area contributed by atoms with Crippen molar-refractivity contribution in [2.75, 3.05) is 13.2 Å². The highest BCUT2D eigenvalue weighted by Gasteiger charge is 2.34. The van der Waals surface area contributed by atoms with E-state index in [1.54, 1.807) is 0 Å². The molecule has 0 bridgehead atoms. The Morgan fingerprint density at radius 1 is 1.37 bits per heavy atom. The topological polar surface area (TPSA) is 107 Å². The van der Waals surface area contributed by atoms with Crippen molar-refractivity contribution in [2.24, 2.45) is 0 Å². The van der Waals surface area contributed by atoms with Gasteiger partial charge in [-0.25, -0.2) is 9.59 Å². The fraction of sp³-hybridized carbons (Fsp3) is 0.333. The van der Waals surface area contributed by atoms with Crippen LogP contribution in [0.4, 0.5) is 4.79 Å². The zero-order valence-corrected chi connectivity index (χ0v) is 9.94. The number of aromatic hydroxyl groups is 2. The SMILES string of the molecule is O=C(O)C(Cc1ccc(O)c(O)c1)N1CCOC1=O. The third-order valence-corrected chi connectivity index (χ3v) is 2.92. The van der Waals surface area contributed by atoms with Crippen molar-refractivity contribution in [1.82, 2.24) is 4.90 Å². The first-order chi connectivity index (χ1) is 8.99. The third kappa shape index (κ3) is 2.70. The molecule has 1 aromatic carbocycles. The lowest BCUT2D eigenvalue weighted by molar-refractivity contribution is -0.142. The normalized spacial score (nSPS) is 16.2. The van der Waals surface area contributed by atoms with Crippen LogP contribution in [0.5, 0.6) is 11.5 Å². The van der Waals surface area contributed by atoms with Crippen molar-refractivity contribution >= 4 is 12.1 Å². The summed E-state index contributed by atoms with van der Waals surface area (Å²) in [5.74, 6) is -1.76. The lowest BCUT2D eigenvalue weighted by Crippen LogP contribution is -2.43. The van der Waals surface area contributed by atoms with Gasteiger partial charge in [-0.1, -0.05) is 6.07 Å². The van der Waals surface area contributed by atoms with Crippen molar-refractivity contribution in [3.05, 3.63) is 23.8 Å².